The van der Waals surface area contributed by atoms with Crippen LogP contribution in [-0.4, -0.2) is 53.3 Å². The highest BCUT2D eigenvalue weighted by Gasteiger charge is 2.27. The molecular weight excluding hydrogens is 336 g/mol. The average molecular weight is 360 g/mol. The number of piperidine rings is 1. The van der Waals surface area contributed by atoms with Crippen molar-refractivity contribution in [2.75, 3.05) is 26.7 Å². The fourth-order valence-corrected chi connectivity index (χ4v) is 4.25. The number of primary amides is 1. The Hall–Kier alpha value is -1.99. The largest absolute Gasteiger partial charge is 0.369 e. The van der Waals surface area contributed by atoms with Gasteiger partial charge < -0.3 is 10.6 Å². The Labute approximate surface area is 151 Å². The smallest absolute Gasteiger partial charge is 0.237 e. The number of thiazole rings is 1. The van der Waals surface area contributed by atoms with Crippen LogP contribution in [0.5, 0.6) is 0 Å². The van der Waals surface area contributed by atoms with Crippen LogP contribution in [0.2, 0.25) is 0 Å². The van der Waals surface area contributed by atoms with Gasteiger partial charge in [-0.15, -0.1) is 11.3 Å². The number of para-hydroxylation sites is 1. The Balaban J connectivity index is 1.64. The van der Waals surface area contributed by atoms with Crippen LogP contribution in [0.3, 0.4) is 0 Å². The number of fused-ring (bicyclic) bond motifs is 1. The van der Waals surface area contributed by atoms with Crippen molar-refractivity contribution in [1.29, 1.82) is 0 Å². The molecule has 0 saturated carbocycles. The van der Waals surface area contributed by atoms with E-state index in [9.17, 15) is 9.59 Å². The van der Waals surface area contributed by atoms with E-state index in [4.69, 9.17) is 5.73 Å². The molecule has 0 bridgehead atoms. The molecule has 0 unspecified atom stereocenters. The second-order valence-electron chi connectivity index (χ2n) is 6.68. The number of hydrogen-bond donors (Lipinski definition) is 1. The number of amides is 2. The molecule has 2 heterocycles. The zero-order valence-corrected chi connectivity index (χ0v) is 15.5. The van der Waals surface area contributed by atoms with Gasteiger partial charge in [0.15, 0.2) is 0 Å². The van der Waals surface area contributed by atoms with Gasteiger partial charge in [0.2, 0.25) is 11.8 Å². The average Bonchev–Trinajstić information content (AvgIpc) is 3.04. The van der Waals surface area contributed by atoms with Crippen LogP contribution in [-0.2, 0) is 9.59 Å². The lowest BCUT2D eigenvalue weighted by molar-refractivity contribution is -0.134. The van der Waals surface area contributed by atoms with Crippen molar-refractivity contribution >= 4 is 33.4 Å². The Morgan fingerprint density at radius 3 is 2.92 bits per heavy atom. The van der Waals surface area contributed by atoms with E-state index < -0.39 is 0 Å². The van der Waals surface area contributed by atoms with Crippen LogP contribution in [0.4, 0.5) is 0 Å². The first-order valence-corrected chi connectivity index (χ1v) is 9.40. The second kappa shape index (κ2) is 7.49. The summed E-state index contributed by atoms with van der Waals surface area (Å²) in [6.07, 6.45) is 1.72. The van der Waals surface area contributed by atoms with Crippen molar-refractivity contribution in [3.63, 3.8) is 0 Å². The topological polar surface area (TPSA) is 79.5 Å². The van der Waals surface area contributed by atoms with Gasteiger partial charge in [-0.05, 0) is 38.4 Å². The number of aromatic nitrogens is 1. The summed E-state index contributed by atoms with van der Waals surface area (Å²) < 4.78 is 1.13. The summed E-state index contributed by atoms with van der Waals surface area (Å²) >= 11 is 1.62. The van der Waals surface area contributed by atoms with E-state index in [-0.39, 0.29) is 23.8 Å². The summed E-state index contributed by atoms with van der Waals surface area (Å²) in [7, 11) is 1.81. The van der Waals surface area contributed by atoms with Crippen LogP contribution >= 0.6 is 11.3 Å². The number of carbonyl (C=O) groups is 2. The van der Waals surface area contributed by atoms with E-state index in [0.29, 0.717) is 13.1 Å². The molecule has 2 atom stereocenters. The first-order valence-electron chi connectivity index (χ1n) is 8.58. The Bertz CT molecular complexity index is 742. The van der Waals surface area contributed by atoms with Crippen LogP contribution in [0.15, 0.2) is 24.3 Å². The monoisotopic (exact) mass is 360 g/mol. The SMILES string of the molecule is C[C@H](c1nc2ccccc2s1)N(C)C(=O)CN1CCC[C@H](C(N)=O)C1. The number of benzene rings is 1. The van der Waals surface area contributed by atoms with Gasteiger partial charge in [-0.1, -0.05) is 12.1 Å². The number of carbonyl (C=O) groups excluding carboxylic acids is 2. The maximum Gasteiger partial charge on any atom is 0.237 e. The molecule has 2 N–H and O–H groups in total. The molecule has 0 radical (unpaired) electrons. The molecule has 1 aromatic heterocycles. The summed E-state index contributed by atoms with van der Waals surface area (Å²) in [6, 6.07) is 7.91. The zero-order chi connectivity index (χ0) is 18.0. The quantitative estimate of drug-likeness (QED) is 0.885. The molecular formula is C18H24N4O2S. The van der Waals surface area contributed by atoms with E-state index >= 15 is 0 Å². The second-order valence-corrected chi connectivity index (χ2v) is 7.74. The predicted molar refractivity (Wildman–Crippen MR) is 99.2 cm³/mol. The Morgan fingerprint density at radius 2 is 2.20 bits per heavy atom. The first-order chi connectivity index (χ1) is 12.0. The van der Waals surface area contributed by atoms with E-state index in [0.717, 1.165) is 34.6 Å². The maximum atomic E-state index is 12.7. The third-order valence-electron chi connectivity index (χ3n) is 4.91. The molecule has 1 aliphatic rings. The van der Waals surface area contributed by atoms with Crippen LogP contribution in [0, 0.1) is 5.92 Å². The molecule has 2 amide bonds. The summed E-state index contributed by atoms with van der Waals surface area (Å²) in [5.74, 6) is -0.376. The van der Waals surface area contributed by atoms with Gasteiger partial charge in [-0.25, -0.2) is 4.98 Å². The molecule has 2 aromatic rings. The minimum Gasteiger partial charge on any atom is -0.369 e. The predicted octanol–water partition coefficient (Wildman–Crippen LogP) is 2.01. The van der Waals surface area contributed by atoms with E-state index in [1.807, 2.05) is 43.1 Å². The highest BCUT2D eigenvalue weighted by Crippen LogP contribution is 2.29. The van der Waals surface area contributed by atoms with Crippen molar-refractivity contribution in [1.82, 2.24) is 14.8 Å². The summed E-state index contributed by atoms with van der Waals surface area (Å²) in [6.45, 7) is 3.72. The maximum absolute atomic E-state index is 12.7. The van der Waals surface area contributed by atoms with Gasteiger partial charge in [0, 0.05) is 13.6 Å². The third-order valence-corrected chi connectivity index (χ3v) is 6.12. The molecule has 25 heavy (non-hydrogen) atoms. The van der Waals surface area contributed by atoms with Crippen LogP contribution in [0.25, 0.3) is 10.2 Å². The van der Waals surface area contributed by atoms with Crippen molar-refractivity contribution < 1.29 is 9.59 Å². The Kier molecular flexibility index (Phi) is 5.34. The highest BCUT2D eigenvalue weighted by atomic mass is 32.1. The lowest BCUT2D eigenvalue weighted by atomic mass is 9.97. The van der Waals surface area contributed by atoms with Gasteiger partial charge >= 0.3 is 0 Å². The van der Waals surface area contributed by atoms with Crippen LogP contribution in [0.1, 0.15) is 30.8 Å². The summed E-state index contributed by atoms with van der Waals surface area (Å²) in [5, 5.41) is 0.936. The molecule has 1 saturated heterocycles. The van der Waals surface area contributed by atoms with E-state index in [1.54, 1.807) is 16.2 Å². The molecule has 0 spiro atoms. The number of nitrogens with zero attached hydrogens (tertiary/aromatic N) is 3. The van der Waals surface area contributed by atoms with Crippen LogP contribution < -0.4 is 5.73 Å². The normalized spacial score (nSPS) is 19.7. The standard InChI is InChI=1S/C18H24N4O2S/c1-12(18-20-14-7-3-4-8-15(14)25-18)21(2)16(23)11-22-9-5-6-13(10-22)17(19)24/h3-4,7-8,12-13H,5-6,9-11H2,1-2H3,(H2,19,24)/t12-,13+/m1/s1. The minimum atomic E-state index is -0.270. The summed E-state index contributed by atoms with van der Waals surface area (Å²) in [5.41, 5.74) is 6.38. The lowest BCUT2D eigenvalue weighted by Crippen LogP contribution is -2.46. The zero-order valence-electron chi connectivity index (χ0n) is 14.6. The first kappa shape index (κ1) is 17.8. The number of likely N-dealkylation sites (N-methyl/N-ethyl adjacent to an activating group) is 1. The van der Waals surface area contributed by atoms with Crippen molar-refractivity contribution in [3.05, 3.63) is 29.3 Å². The molecule has 1 aromatic carbocycles. The van der Waals surface area contributed by atoms with Crippen molar-refractivity contribution in [3.8, 4) is 0 Å². The van der Waals surface area contributed by atoms with Gasteiger partial charge in [0.25, 0.3) is 0 Å². The van der Waals surface area contributed by atoms with Crippen molar-refractivity contribution in [2.24, 2.45) is 11.7 Å². The highest BCUT2D eigenvalue weighted by molar-refractivity contribution is 7.18. The van der Waals surface area contributed by atoms with Gasteiger partial charge in [0.1, 0.15) is 5.01 Å². The molecule has 0 aliphatic carbocycles. The summed E-state index contributed by atoms with van der Waals surface area (Å²) in [4.78, 5) is 32.5. The number of rotatable bonds is 5. The fourth-order valence-electron chi connectivity index (χ4n) is 3.18. The molecule has 1 fully saturated rings. The fraction of sp³-hybridized carbons (Fsp3) is 0.500. The van der Waals surface area contributed by atoms with Gasteiger partial charge in [-0.3, -0.25) is 14.5 Å². The van der Waals surface area contributed by atoms with E-state index in [2.05, 4.69) is 4.98 Å². The Morgan fingerprint density at radius 1 is 1.44 bits per heavy atom. The van der Waals surface area contributed by atoms with Gasteiger partial charge in [-0.2, -0.15) is 0 Å². The molecule has 1 aliphatic heterocycles. The molecule has 134 valence electrons. The third kappa shape index (κ3) is 3.99. The number of likely N-dealkylation sites (tertiary alicyclic amines) is 1. The number of nitrogens with two attached hydrogens (primary N) is 1. The van der Waals surface area contributed by atoms with Gasteiger partial charge in [0.05, 0.1) is 28.7 Å². The van der Waals surface area contributed by atoms with Crippen molar-refractivity contribution in [2.45, 2.75) is 25.8 Å². The number of hydrogen-bond acceptors (Lipinski definition) is 5. The molecule has 7 heteroatoms. The minimum absolute atomic E-state index is 0.0388. The van der Waals surface area contributed by atoms with E-state index in [1.165, 1.54) is 0 Å². The lowest BCUT2D eigenvalue weighted by Gasteiger charge is -2.32. The molecule has 6 nitrogen and oxygen atoms in total. The molecule has 3 rings (SSSR count).